The largest absolute Gasteiger partial charge is 0.381 e. The van der Waals surface area contributed by atoms with E-state index in [1.54, 1.807) is 12.1 Å². The molecule has 90 valence electrons. The Labute approximate surface area is 108 Å². The van der Waals surface area contributed by atoms with Gasteiger partial charge < -0.3 is 5.32 Å². The zero-order chi connectivity index (χ0) is 12.3. The quantitative estimate of drug-likeness (QED) is 0.851. The molecule has 1 N–H and O–H groups in total. The zero-order valence-electron chi connectivity index (χ0n) is 10.0. The first-order valence-electron chi connectivity index (χ1n) is 6.15. The maximum atomic E-state index is 8.88. The van der Waals surface area contributed by atoms with Crippen LogP contribution in [0.3, 0.4) is 0 Å². The van der Waals surface area contributed by atoms with Gasteiger partial charge in [0.05, 0.1) is 22.3 Å². The number of rotatable bonds is 2. The van der Waals surface area contributed by atoms with Crippen LogP contribution in [0.4, 0.5) is 5.69 Å². The van der Waals surface area contributed by atoms with Crippen LogP contribution in [0.1, 0.15) is 38.2 Å². The number of halogens is 1. The molecule has 0 spiro atoms. The van der Waals surface area contributed by atoms with Gasteiger partial charge in [-0.25, -0.2) is 0 Å². The van der Waals surface area contributed by atoms with E-state index in [-0.39, 0.29) is 0 Å². The molecule has 0 radical (unpaired) electrons. The molecule has 0 amide bonds. The molecule has 0 heterocycles. The molecule has 0 aliphatic heterocycles. The van der Waals surface area contributed by atoms with Crippen LogP contribution < -0.4 is 5.32 Å². The third kappa shape index (κ3) is 3.14. The number of benzene rings is 1. The second kappa shape index (κ2) is 5.42. The summed E-state index contributed by atoms with van der Waals surface area (Å²) < 4.78 is 0. The summed E-state index contributed by atoms with van der Waals surface area (Å²) in [6, 6.07) is 8.00. The summed E-state index contributed by atoms with van der Waals surface area (Å²) in [4.78, 5) is 0. The summed E-state index contributed by atoms with van der Waals surface area (Å²) in [5.74, 6) is 0.777. The molecule has 1 fully saturated rings. The van der Waals surface area contributed by atoms with E-state index in [4.69, 9.17) is 16.9 Å². The van der Waals surface area contributed by atoms with Gasteiger partial charge in [-0.05, 0) is 37.0 Å². The maximum absolute atomic E-state index is 8.88. The van der Waals surface area contributed by atoms with Crippen LogP contribution in [0.2, 0.25) is 5.02 Å². The van der Waals surface area contributed by atoms with E-state index in [1.165, 1.54) is 25.7 Å². The van der Waals surface area contributed by atoms with Crippen molar-refractivity contribution in [3.8, 4) is 6.07 Å². The number of anilines is 1. The molecule has 1 saturated carbocycles. The molecule has 0 saturated heterocycles. The lowest BCUT2D eigenvalue weighted by Crippen LogP contribution is -2.26. The van der Waals surface area contributed by atoms with Crippen molar-refractivity contribution in [3.05, 3.63) is 28.8 Å². The van der Waals surface area contributed by atoms with Gasteiger partial charge in [-0.15, -0.1) is 0 Å². The Kier molecular flexibility index (Phi) is 3.91. The number of hydrogen-bond acceptors (Lipinski definition) is 2. The highest BCUT2D eigenvalue weighted by Gasteiger charge is 2.19. The molecule has 3 heteroatoms. The van der Waals surface area contributed by atoms with Gasteiger partial charge in [0.2, 0.25) is 0 Å². The average Bonchev–Trinajstić information content (AvgIpc) is 2.32. The third-order valence-electron chi connectivity index (χ3n) is 3.39. The Balaban J connectivity index is 2.10. The molecular formula is C14H17ClN2. The van der Waals surface area contributed by atoms with E-state index in [1.807, 2.05) is 6.07 Å². The predicted molar refractivity (Wildman–Crippen MR) is 71.2 cm³/mol. The summed E-state index contributed by atoms with van der Waals surface area (Å²) in [5, 5.41) is 13.0. The first-order valence-corrected chi connectivity index (χ1v) is 6.53. The fourth-order valence-corrected chi connectivity index (χ4v) is 2.66. The minimum Gasteiger partial charge on any atom is -0.381 e. The summed E-state index contributed by atoms with van der Waals surface area (Å²) in [5.41, 5.74) is 1.55. The van der Waals surface area contributed by atoms with E-state index in [2.05, 4.69) is 18.3 Å². The van der Waals surface area contributed by atoms with Gasteiger partial charge in [-0.1, -0.05) is 31.4 Å². The van der Waals surface area contributed by atoms with Gasteiger partial charge in [0.15, 0.2) is 0 Å². The Morgan fingerprint density at radius 3 is 2.94 bits per heavy atom. The third-order valence-corrected chi connectivity index (χ3v) is 3.72. The van der Waals surface area contributed by atoms with Crippen molar-refractivity contribution >= 4 is 17.3 Å². The van der Waals surface area contributed by atoms with Crippen LogP contribution in [0.5, 0.6) is 0 Å². The van der Waals surface area contributed by atoms with Crippen molar-refractivity contribution in [2.75, 3.05) is 5.32 Å². The number of nitrogens with one attached hydrogen (secondary N) is 1. The van der Waals surface area contributed by atoms with Crippen LogP contribution in [-0.2, 0) is 0 Å². The fraction of sp³-hybridized carbons (Fsp3) is 0.500. The number of nitrogens with zero attached hydrogens (tertiary/aromatic N) is 1. The highest BCUT2D eigenvalue weighted by molar-refractivity contribution is 6.33. The van der Waals surface area contributed by atoms with Crippen LogP contribution in [0.15, 0.2) is 18.2 Å². The van der Waals surface area contributed by atoms with Crippen LogP contribution >= 0.6 is 11.6 Å². The first-order chi connectivity index (χ1) is 8.19. The summed E-state index contributed by atoms with van der Waals surface area (Å²) >= 11 is 6.14. The van der Waals surface area contributed by atoms with Crippen LogP contribution in [0, 0.1) is 17.2 Å². The molecule has 17 heavy (non-hydrogen) atoms. The molecule has 2 atom stereocenters. The molecule has 1 aliphatic rings. The van der Waals surface area contributed by atoms with Crippen molar-refractivity contribution in [2.24, 2.45) is 5.92 Å². The lowest BCUT2D eigenvalue weighted by molar-refractivity contribution is 0.358. The van der Waals surface area contributed by atoms with Gasteiger partial charge in [0.1, 0.15) is 0 Å². The van der Waals surface area contributed by atoms with Crippen molar-refractivity contribution < 1.29 is 0 Å². The Morgan fingerprint density at radius 1 is 1.41 bits per heavy atom. The normalized spacial score (nSPS) is 24.1. The topological polar surface area (TPSA) is 35.8 Å². The molecule has 0 bridgehead atoms. The fourth-order valence-electron chi connectivity index (χ4n) is 2.49. The van der Waals surface area contributed by atoms with Crippen molar-refractivity contribution in [3.63, 3.8) is 0 Å². The Hall–Kier alpha value is -1.20. The molecule has 2 nitrogen and oxygen atoms in total. The summed E-state index contributed by atoms with van der Waals surface area (Å²) in [6.45, 7) is 2.29. The molecule has 0 aromatic heterocycles. The molecule has 1 aromatic carbocycles. The van der Waals surface area contributed by atoms with Crippen LogP contribution in [-0.4, -0.2) is 6.04 Å². The second-order valence-corrected chi connectivity index (χ2v) is 5.33. The first kappa shape index (κ1) is 12.3. The lowest BCUT2D eigenvalue weighted by atomic mass is 9.87. The van der Waals surface area contributed by atoms with Gasteiger partial charge in [-0.2, -0.15) is 5.26 Å². The van der Waals surface area contributed by atoms with Gasteiger partial charge >= 0.3 is 0 Å². The summed E-state index contributed by atoms with van der Waals surface area (Å²) in [7, 11) is 0. The van der Waals surface area contributed by atoms with E-state index < -0.39 is 0 Å². The molecule has 2 rings (SSSR count). The Morgan fingerprint density at radius 2 is 2.24 bits per heavy atom. The van der Waals surface area contributed by atoms with Crippen LogP contribution in [0.25, 0.3) is 0 Å². The van der Waals surface area contributed by atoms with Gasteiger partial charge in [0.25, 0.3) is 0 Å². The smallest absolute Gasteiger partial charge is 0.0992 e. The predicted octanol–water partition coefficient (Wildman–Crippen LogP) is 4.20. The number of nitriles is 1. The maximum Gasteiger partial charge on any atom is 0.0992 e. The molecule has 2 unspecified atom stereocenters. The summed E-state index contributed by atoms with van der Waals surface area (Å²) in [6.07, 6.45) is 4.98. The minimum absolute atomic E-state index is 0.491. The van der Waals surface area contributed by atoms with Gasteiger partial charge in [-0.3, -0.25) is 0 Å². The van der Waals surface area contributed by atoms with E-state index in [0.29, 0.717) is 16.6 Å². The highest BCUT2D eigenvalue weighted by Crippen LogP contribution is 2.29. The van der Waals surface area contributed by atoms with Gasteiger partial charge in [0, 0.05) is 6.04 Å². The van der Waals surface area contributed by atoms with Crippen molar-refractivity contribution in [2.45, 2.75) is 38.6 Å². The SMILES string of the molecule is CC1CCCC(Nc2cc(C#N)ccc2Cl)C1. The standard InChI is InChI=1S/C14H17ClN2/c1-10-3-2-4-12(7-10)17-14-8-11(9-16)5-6-13(14)15/h5-6,8,10,12,17H,2-4,7H2,1H3. The van der Waals surface area contributed by atoms with E-state index in [9.17, 15) is 0 Å². The lowest BCUT2D eigenvalue weighted by Gasteiger charge is -2.28. The minimum atomic E-state index is 0.491. The second-order valence-electron chi connectivity index (χ2n) is 4.92. The average molecular weight is 249 g/mol. The Bertz CT molecular complexity index is 436. The zero-order valence-corrected chi connectivity index (χ0v) is 10.8. The monoisotopic (exact) mass is 248 g/mol. The van der Waals surface area contributed by atoms with Crippen molar-refractivity contribution in [1.29, 1.82) is 5.26 Å². The molecule has 1 aliphatic carbocycles. The number of hydrogen-bond donors (Lipinski definition) is 1. The molecular weight excluding hydrogens is 232 g/mol. The van der Waals surface area contributed by atoms with E-state index >= 15 is 0 Å². The molecule has 1 aromatic rings. The van der Waals surface area contributed by atoms with E-state index in [0.717, 1.165) is 11.6 Å². The van der Waals surface area contributed by atoms with Crippen molar-refractivity contribution in [1.82, 2.24) is 0 Å². The highest BCUT2D eigenvalue weighted by atomic mass is 35.5.